The predicted octanol–water partition coefficient (Wildman–Crippen LogP) is 2.53. The summed E-state index contributed by atoms with van der Waals surface area (Å²) in [7, 11) is 4.22. The lowest BCUT2D eigenvalue weighted by atomic mass is 9.95. The van der Waals surface area contributed by atoms with Gasteiger partial charge in [-0.25, -0.2) is 4.68 Å². The third-order valence-electron chi connectivity index (χ3n) is 3.71. The maximum Gasteiger partial charge on any atom is 0.164 e. The first-order valence-electron chi connectivity index (χ1n) is 7.22. The van der Waals surface area contributed by atoms with Gasteiger partial charge in [-0.05, 0) is 44.3 Å². The lowest BCUT2D eigenvalue weighted by molar-refractivity contribution is 0.317. The molecule has 0 bridgehead atoms. The zero-order valence-corrected chi connectivity index (χ0v) is 13.1. The Morgan fingerprint density at radius 1 is 1.32 bits per heavy atom. The van der Waals surface area contributed by atoms with Gasteiger partial charge in [0.05, 0.1) is 11.3 Å². The van der Waals surface area contributed by atoms with E-state index in [-0.39, 0.29) is 0 Å². The molecule has 108 valence electrons. The van der Waals surface area contributed by atoms with Crippen molar-refractivity contribution in [2.45, 2.75) is 50.3 Å². The van der Waals surface area contributed by atoms with Crippen molar-refractivity contribution in [1.29, 1.82) is 0 Å². The first-order chi connectivity index (χ1) is 9.18. The summed E-state index contributed by atoms with van der Waals surface area (Å²) < 4.78 is 2.09. The lowest BCUT2D eigenvalue weighted by Gasteiger charge is -2.23. The van der Waals surface area contributed by atoms with Crippen LogP contribution in [0.15, 0.2) is 0 Å². The second kappa shape index (κ2) is 7.24. The number of tetrazole rings is 1. The molecule has 1 unspecified atom stereocenters. The molecular weight excluding hydrogens is 258 g/mol. The van der Waals surface area contributed by atoms with E-state index in [1.165, 1.54) is 32.1 Å². The normalized spacial score (nSPS) is 18.9. The van der Waals surface area contributed by atoms with E-state index in [9.17, 15) is 0 Å². The van der Waals surface area contributed by atoms with Gasteiger partial charge in [0.25, 0.3) is 0 Å². The summed E-state index contributed by atoms with van der Waals surface area (Å²) in [6.07, 6.45) is 6.44. The van der Waals surface area contributed by atoms with Gasteiger partial charge in [0.1, 0.15) is 0 Å². The van der Waals surface area contributed by atoms with Gasteiger partial charge in [0, 0.05) is 12.3 Å². The molecule has 0 aliphatic heterocycles. The second-order valence-electron chi connectivity index (χ2n) is 5.59. The van der Waals surface area contributed by atoms with Crippen molar-refractivity contribution in [3.8, 4) is 0 Å². The van der Waals surface area contributed by atoms with Crippen molar-refractivity contribution in [2.24, 2.45) is 0 Å². The summed E-state index contributed by atoms with van der Waals surface area (Å²) in [6, 6.07) is 0.524. The summed E-state index contributed by atoms with van der Waals surface area (Å²) >= 11 is 1.94. The molecule has 2 rings (SSSR count). The van der Waals surface area contributed by atoms with Crippen molar-refractivity contribution >= 4 is 11.8 Å². The van der Waals surface area contributed by atoms with Crippen LogP contribution in [0.25, 0.3) is 0 Å². The molecule has 0 aromatic carbocycles. The molecule has 0 saturated heterocycles. The van der Waals surface area contributed by atoms with Crippen LogP contribution in [0.4, 0.5) is 0 Å². The summed E-state index contributed by atoms with van der Waals surface area (Å²) in [5.74, 6) is 2.17. The van der Waals surface area contributed by atoms with Gasteiger partial charge in [-0.1, -0.05) is 19.3 Å². The molecule has 5 nitrogen and oxygen atoms in total. The van der Waals surface area contributed by atoms with Gasteiger partial charge in [-0.3, -0.25) is 0 Å². The fourth-order valence-corrected chi connectivity index (χ4v) is 3.67. The fourth-order valence-electron chi connectivity index (χ4n) is 2.54. The molecule has 0 amide bonds. The minimum Gasteiger partial charge on any atom is -0.309 e. The molecule has 1 aromatic heterocycles. The smallest absolute Gasteiger partial charge is 0.164 e. The standard InChI is InChI=1S/C13H25N5S/c1-11(19-10-9-17(2)3)13-14-15-16-18(13)12-7-5-4-6-8-12/h11-12H,4-10H2,1-3H3. The largest absolute Gasteiger partial charge is 0.309 e. The Labute approximate surface area is 120 Å². The molecule has 0 radical (unpaired) electrons. The molecule has 0 spiro atoms. The van der Waals surface area contributed by atoms with Gasteiger partial charge in [-0.15, -0.1) is 16.9 Å². The minimum absolute atomic E-state index is 0.372. The summed E-state index contributed by atoms with van der Waals surface area (Å²) in [5.41, 5.74) is 0. The Morgan fingerprint density at radius 2 is 2.05 bits per heavy atom. The van der Waals surface area contributed by atoms with Crippen LogP contribution >= 0.6 is 11.8 Å². The minimum atomic E-state index is 0.372. The summed E-state index contributed by atoms with van der Waals surface area (Å²) in [6.45, 7) is 3.31. The molecule has 1 heterocycles. The van der Waals surface area contributed by atoms with Crippen LogP contribution in [0, 0.1) is 0 Å². The van der Waals surface area contributed by atoms with Crippen molar-refractivity contribution < 1.29 is 0 Å². The van der Waals surface area contributed by atoms with Crippen molar-refractivity contribution in [2.75, 3.05) is 26.4 Å². The van der Waals surface area contributed by atoms with E-state index in [2.05, 4.69) is 46.1 Å². The van der Waals surface area contributed by atoms with E-state index >= 15 is 0 Å². The zero-order chi connectivity index (χ0) is 13.7. The van der Waals surface area contributed by atoms with Crippen LogP contribution in [0.3, 0.4) is 0 Å². The first kappa shape index (κ1) is 14.8. The topological polar surface area (TPSA) is 46.8 Å². The maximum atomic E-state index is 4.26. The molecule has 1 aliphatic carbocycles. The Bertz CT molecular complexity index is 373. The van der Waals surface area contributed by atoms with Crippen LogP contribution in [0.2, 0.25) is 0 Å². The molecule has 1 aliphatic rings. The summed E-state index contributed by atoms with van der Waals surface area (Å²) in [4.78, 5) is 2.21. The second-order valence-corrected chi connectivity index (χ2v) is 7.04. The fraction of sp³-hybridized carbons (Fsp3) is 0.923. The maximum absolute atomic E-state index is 4.26. The van der Waals surface area contributed by atoms with E-state index in [4.69, 9.17) is 0 Å². The van der Waals surface area contributed by atoms with E-state index < -0.39 is 0 Å². The van der Waals surface area contributed by atoms with E-state index in [0.717, 1.165) is 18.1 Å². The van der Waals surface area contributed by atoms with Gasteiger partial charge in [-0.2, -0.15) is 0 Å². The third kappa shape index (κ3) is 4.18. The van der Waals surface area contributed by atoms with Crippen LogP contribution in [0.1, 0.15) is 56.1 Å². The van der Waals surface area contributed by atoms with Gasteiger partial charge < -0.3 is 4.90 Å². The Morgan fingerprint density at radius 3 is 2.74 bits per heavy atom. The predicted molar refractivity (Wildman–Crippen MR) is 79.4 cm³/mol. The highest BCUT2D eigenvalue weighted by atomic mass is 32.2. The number of hydrogen-bond acceptors (Lipinski definition) is 5. The van der Waals surface area contributed by atoms with Gasteiger partial charge >= 0.3 is 0 Å². The monoisotopic (exact) mass is 283 g/mol. The molecule has 19 heavy (non-hydrogen) atoms. The quantitative estimate of drug-likeness (QED) is 0.803. The highest BCUT2D eigenvalue weighted by molar-refractivity contribution is 7.99. The number of rotatable bonds is 6. The van der Waals surface area contributed by atoms with Crippen LogP contribution in [0.5, 0.6) is 0 Å². The van der Waals surface area contributed by atoms with Crippen LogP contribution in [-0.2, 0) is 0 Å². The lowest BCUT2D eigenvalue weighted by Crippen LogP contribution is -2.19. The number of nitrogens with zero attached hydrogens (tertiary/aromatic N) is 5. The van der Waals surface area contributed by atoms with Gasteiger partial charge in [0.2, 0.25) is 0 Å². The molecule has 0 N–H and O–H groups in total. The zero-order valence-electron chi connectivity index (χ0n) is 12.2. The number of hydrogen-bond donors (Lipinski definition) is 0. The SMILES string of the molecule is CC(SCCN(C)C)c1nnnn1C1CCCCC1. The van der Waals surface area contributed by atoms with E-state index in [1.807, 2.05) is 11.8 Å². The molecule has 1 atom stereocenters. The Balaban J connectivity index is 1.93. The highest BCUT2D eigenvalue weighted by Crippen LogP contribution is 2.32. The first-order valence-corrected chi connectivity index (χ1v) is 8.27. The Hall–Kier alpha value is -0.620. The highest BCUT2D eigenvalue weighted by Gasteiger charge is 2.23. The van der Waals surface area contributed by atoms with Crippen LogP contribution in [-0.4, -0.2) is 51.5 Å². The van der Waals surface area contributed by atoms with Crippen LogP contribution < -0.4 is 0 Å². The molecule has 1 saturated carbocycles. The van der Waals surface area contributed by atoms with Crippen molar-refractivity contribution in [3.05, 3.63) is 5.82 Å². The third-order valence-corrected chi connectivity index (χ3v) is 4.84. The van der Waals surface area contributed by atoms with E-state index in [1.54, 1.807) is 0 Å². The summed E-state index contributed by atoms with van der Waals surface area (Å²) in [5, 5.41) is 12.8. The molecule has 1 fully saturated rings. The number of aromatic nitrogens is 4. The number of thioether (sulfide) groups is 1. The van der Waals surface area contributed by atoms with E-state index in [0.29, 0.717) is 11.3 Å². The van der Waals surface area contributed by atoms with Gasteiger partial charge in [0.15, 0.2) is 5.82 Å². The average molecular weight is 283 g/mol. The molecule has 1 aromatic rings. The van der Waals surface area contributed by atoms with Crippen molar-refractivity contribution in [3.63, 3.8) is 0 Å². The Kier molecular flexibility index (Phi) is 5.63. The molecule has 6 heteroatoms. The van der Waals surface area contributed by atoms with Crippen molar-refractivity contribution in [1.82, 2.24) is 25.1 Å². The molecular formula is C13H25N5S. The average Bonchev–Trinajstić information content (AvgIpc) is 2.88.